The molecule has 0 aromatic carbocycles. The second kappa shape index (κ2) is 10.5. The molecule has 3 nitrogen and oxygen atoms in total. The molecule has 0 unspecified atom stereocenters. The average Bonchev–Trinajstić information content (AvgIpc) is 2.55. The lowest BCUT2D eigenvalue weighted by Crippen LogP contribution is -2.58. The Labute approximate surface area is 227 Å². The van der Waals surface area contributed by atoms with Crippen LogP contribution in [-0.2, 0) is 9.53 Å². The molecule has 4 radical (unpaired) electrons. The van der Waals surface area contributed by atoms with E-state index in [0.29, 0.717) is 6.42 Å². The van der Waals surface area contributed by atoms with Crippen LogP contribution < -0.4 is 0 Å². The number of hydrogen-bond donors (Lipinski definition) is 1. The van der Waals surface area contributed by atoms with Gasteiger partial charge in [0, 0.05) is 5.41 Å². The highest BCUT2D eigenvalue weighted by molar-refractivity contribution is 6.32. The number of carboxylic acid groups (broad SMARTS) is 1. The molecule has 0 aliphatic rings. The maximum absolute atomic E-state index is 12.1. The van der Waals surface area contributed by atoms with Crippen LogP contribution in [0.3, 0.4) is 0 Å². The fraction of sp³-hybridized carbons (Fsp3) is 0.903. The molecular weight excluding hydrogens is 442 g/mol. The number of allylic oxidation sites excluding steroid dienone is 2. The van der Waals surface area contributed by atoms with Gasteiger partial charge in [-0.2, -0.15) is 0 Å². The SMILES string of the molecule is [B]/C(CC(C)(C)CC(C)(C)C(C)(C)OC(C)(C)C(C)(C)C(C)(C)C(=O)O)=C(/[B])C(C)(C)CC(C)(C)C. The maximum atomic E-state index is 12.1. The molecule has 0 saturated carbocycles. The smallest absolute Gasteiger partial charge is 0.309 e. The Bertz CT molecular complexity index is 819. The van der Waals surface area contributed by atoms with E-state index in [9.17, 15) is 9.90 Å². The van der Waals surface area contributed by atoms with E-state index in [1.807, 2.05) is 27.7 Å². The molecule has 0 aliphatic heterocycles. The van der Waals surface area contributed by atoms with Crippen LogP contribution in [0.25, 0.3) is 0 Å². The number of rotatable bonds is 12. The largest absolute Gasteiger partial charge is 0.481 e. The van der Waals surface area contributed by atoms with Crippen molar-refractivity contribution in [2.75, 3.05) is 0 Å². The first-order chi connectivity index (χ1) is 15.4. The molecule has 0 atom stereocenters. The van der Waals surface area contributed by atoms with Crippen molar-refractivity contribution in [3.8, 4) is 0 Å². The summed E-state index contributed by atoms with van der Waals surface area (Å²) in [6, 6.07) is 0. The zero-order chi connectivity index (χ0) is 29.6. The minimum Gasteiger partial charge on any atom is -0.481 e. The molecule has 0 bridgehead atoms. The summed E-state index contributed by atoms with van der Waals surface area (Å²) in [7, 11) is 13.3. The highest BCUT2D eigenvalue weighted by Gasteiger charge is 2.56. The van der Waals surface area contributed by atoms with Crippen molar-refractivity contribution in [3.63, 3.8) is 0 Å². The summed E-state index contributed by atoms with van der Waals surface area (Å²) in [4.78, 5) is 12.1. The van der Waals surface area contributed by atoms with E-state index in [-0.39, 0.29) is 21.7 Å². The predicted molar refractivity (Wildman–Crippen MR) is 158 cm³/mol. The second-order valence-electron chi connectivity index (χ2n) is 16.6. The first-order valence-corrected chi connectivity index (χ1v) is 13.5. The van der Waals surface area contributed by atoms with Crippen LogP contribution in [0.1, 0.15) is 137 Å². The van der Waals surface area contributed by atoms with Crippen LogP contribution in [0.4, 0.5) is 0 Å². The average molecular weight is 500 g/mol. The lowest BCUT2D eigenvalue weighted by atomic mass is 9.58. The molecule has 0 fully saturated rings. The zero-order valence-electron chi connectivity index (χ0n) is 27.0. The van der Waals surface area contributed by atoms with E-state index in [1.54, 1.807) is 13.8 Å². The van der Waals surface area contributed by atoms with Crippen molar-refractivity contribution >= 4 is 21.7 Å². The zero-order valence-corrected chi connectivity index (χ0v) is 27.0. The van der Waals surface area contributed by atoms with Gasteiger partial charge in [-0.25, -0.2) is 0 Å². The minimum atomic E-state index is -0.966. The summed E-state index contributed by atoms with van der Waals surface area (Å²) < 4.78 is 6.87. The van der Waals surface area contributed by atoms with Crippen LogP contribution in [-0.4, -0.2) is 38.0 Å². The van der Waals surface area contributed by atoms with Crippen LogP contribution in [0.5, 0.6) is 0 Å². The summed E-state index contributed by atoms with van der Waals surface area (Å²) in [5.41, 5.74) is -1.63. The molecule has 0 aliphatic carbocycles. The van der Waals surface area contributed by atoms with Crippen LogP contribution in [0, 0.1) is 32.5 Å². The first kappa shape index (κ1) is 35.3. The Kier molecular flexibility index (Phi) is 10.3. The van der Waals surface area contributed by atoms with Crippen molar-refractivity contribution in [2.45, 2.75) is 148 Å². The second-order valence-corrected chi connectivity index (χ2v) is 16.6. The van der Waals surface area contributed by atoms with Crippen LogP contribution in [0.15, 0.2) is 10.9 Å². The molecule has 0 rings (SSSR count). The Balaban J connectivity index is 5.97. The van der Waals surface area contributed by atoms with E-state index < -0.39 is 28.0 Å². The molecule has 0 amide bonds. The molecule has 0 aromatic rings. The standard InChI is InChI=1S/C31H58B2O3/c1-24(2,3)19-26(6,7)22(33)21(32)18-25(4,5)20-27(8,9)30(14,15)36-31(16,17)29(12,13)28(10,11)23(34)35/h18-20H2,1-17H3,(H,34,35)/b22-21+. The molecule has 0 saturated heterocycles. The maximum Gasteiger partial charge on any atom is 0.309 e. The minimum absolute atomic E-state index is 0.114. The van der Waals surface area contributed by atoms with E-state index in [0.717, 1.165) is 23.8 Å². The Morgan fingerprint density at radius 1 is 0.694 bits per heavy atom. The van der Waals surface area contributed by atoms with Gasteiger partial charge in [-0.05, 0) is 82.5 Å². The Hall–Kier alpha value is -0.700. The number of hydrogen-bond acceptors (Lipinski definition) is 2. The van der Waals surface area contributed by atoms with Gasteiger partial charge in [0.25, 0.3) is 0 Å². The monoisotopic (exact) mass is 500 g/mol. The molecule has 36 heavy (non-hydrogen) atoms. The Morgan fingerprint density at radius 3 is 1.47 bits per heavy atom. The lowest BCUT2D eigenvalue weighted by Gasteiger charge is -2.56. The van der Waals surface area contributed by atoms with Crippen molar-refractivity contribution in [3.05, 3.63) is 10.9 Å². The summed E-state index contributed by atoms with van der Waals surface area (Å²) >= 11 is 0. The van der Waals surface area contributed by atoms with Gasteiger partial charge in [-0.1, -0.05) is 76.2 Å². The fourth-order valence-electron chi connectivity index (χ4n) is 5.86. The van der Waals surface area contributed by atoms with Gasteiger partial charge in [0.15, 0.2) is 0 Å². The summed E-state index contributed by atoms with van der Waals surface area (Å²) in [6.07, 6.45) is 2.52. The summed E-state index contributed by atoms with van der Waals surface area (Å²) in [6.45, 7) is 35.8. The van der Waals surface area contributed by atoms with Crippen molar-refractivity contribution < 1.29 is 14.6 Å². The molecule has 0 aromatic heterocycles. The van der Waals surface area contributed by atoms with Gasteiger partial charge in [-0.3, -0.25) is 4.79 Å². The van der Waals surface area contributed by atoms with E-state index in [2.05, 4.69) is 76.2 Å². The van der Waals surface area contributed by atoms with Gasteiger partial charge in [-0.15, -0.1) is 10.9 Å². The first-order valence-electron chi connectivity index (χ1n) is 13.5. The van der Waals surface area contributed by atoms with E-state index in [4.69, 9.17) is 20.4 Å². The topological polar surface area (TPSA) is 46.5 Å². The van der Waals surface area contributed by atoms with Gasteiger partial charge in [0.2, 0.25) is 0 Å². The summed E-state index contributed by atoms with van der Waals surface area (Å²) in [5.74, 6) is -0.823. The highest BCUT2D eigenvalue weighted by atomic mass is 16.5. The molecule has 0 heterocycles. The number of carbonyl (C=O) groups is 1. The molecular formula is C31H58B2O3. The number of carboxylic acids is 1. The number of aliphatic carboxylic acids is 1. The van der Waals surface area contributed by atoms with Gasteiger partial charge in [0.1, 0.15) is 15.7 Å². The third-order valence-electron chi connectivity index (χ3n) is 9.38. The van der Waals surface area contributed by atoms with Gasteiger partial charge >= 0.3 is 5.97 Å². The van der Waals surface area contributed by atoms with Crippen LogP contribution >= 0.6 is 0 Å². The number of ether oxygens (including phenoxy) is 1. The molecule has 206 valence electrons. The van der Waals surface area contributed by atoms with Crippen molar-refractivity contribution in [1.29, 1.82) is 0 Å². The van der Waals surface area contributed by atoms with E-state index in [1.165, 1.54) is 0 Å². The lowest BCUT2D eigenvalue weighted by molar-refractivity contribution is -0.240. The van der Waals surface area contributed by atoms with E-state index >= 15 is 0 Å². The molecule has 1 N–H and O–H groups in total. The van der Waals surface area contributed by atoms with Crippen molar-refractivity contribution in [2.24, 2.45) is 32.5 Å². The van der Waals surface area contributed by atoms with Gasteiger partial charge < -0.3 is 9.84 Å². The highest BCUT2D eigenvalue weighted by Crippen LogP contribution is 2.53. The Morgan fingerprint density at radius 2 is 1.11 bits per heavy atom. The third-order valence-corrected chi connectivity index (χ3v) is 9.38. The molecule has 0 spiro atoms. The quantitative estimate of drug-likeness (QED) is 0.273. The predicted octanol–water partition coefficient (Wildman–Crippen LogP) is 8.54. The fourth-order valence-corrected chi connectivity index (χ4v) is 5.86. The van der Waals surface area contributed by atoms with Crippen molar-refractivity contribution in [1.82, 2.24) is 0 Å². The third kappa shape index (κ3) is 8.15. The summed E-state index contributed by atoms with van der Waals surface area (Å²) in [5, 5.41) is 9.92. The van der Waals surface area contributed by atoms with Crippen LogP contribution in [0.2, 0.25) is 0 Å². The normalized spacial score (nSPS) is 16.1. The molecule has 5 heteroatoms. The van der Waals surface area contributed by atoms with Gasteiger partial charge in [0.05, 0.1) is 16.6 Å².